The Morgan fingerprint density at radius 1 is 1.35 bits per heavy atom. The van der Waals surface area contributed by atoms with Gasteiger partial charge in [-0.15, -0.1) is 11.8 Å². The number of rotatable bonds is 2. The molecule has 17 heavy (non-hydrogen) atoms. The van der Waals surface area contributed by atoms with Gasteiger partial charge < -0.3 is 4.74 Å². The van der Waals surface area contributed by atoms with E-state index in [0.717, 1.165) is 0 Å². The first-order valence-electron chi connectivity index (χ1n) is 5.06. The monoisotopic (exact) mass is 274 g/mol. The second-order valence-electron chi connectivity index (χ2n) is 4.45. The molecule has 0 saturated heterocycles. The number of aryl methyl sites for hydroxylation is 1. The molecule has 1 aromatic rings. The van der Waals surface area contributed by atoms with E-state index in [-0.39, 0.29) is 10.7 Å². The van der Waals surface area contributed by atoms with E-state index >= 15 is 0 Å². The zero-order valence-electron chi connectivity index (χ0n) is 10.5. The number of esters is 1. The molecular formula is C11H15ClN2O2S. The van der Waals surface area contributed by atoms with E-state index in [9.17, 15) is 4.79 Å². The van der Waals surface area contributed by atoms with E-state index in [4.69, 9.17) is 16.3 Å². The van der Waals surface area contributed by atoms with Gasteiger partial charge in [0.05, 0.1) is 0 Å². The minimum Gasteiger partial charge on any atom is -0.456 e. The average Bonchev–Trinajstić information content (AvgIpc) is 2.12. The first-order valence-corrected chi connectivity index (χ1v) is 6.66. The summed E-state index contributed by atoms with van der Waals surface area (Å²) in [5.41, 5.74) is -0.333. The lowest BCUT2D eigenvalue weighted by Crippen LogP contribution is -2.25. The number of aromatic nitrogens is 2. The summed E-state index contributed by atoms with van der Waals surface area (Å²) < 4.78 is 5.27. The van der Waals surface area contributed by atoms with Crippen LogP contribution in [0.3, 0.4) is 0 Å². The normalized spacial score (nSPS) is 11.4. The molecule has 94 valence electrons. The van der Waals surface area contributed by atoms with Crippen molar-refractivity contribution in [2.45, 2.75) is 38.3 Å². The van der Waals surface area contributed by atoms with Gasteiger partial charge in [0, 0.05) is 0 Å². The molecule has 0 amide bonds. The molecule has 0 bridgehead atoms. The van der Waals surface area contributed by atoms with Crippen LogP contribution in [-0.4, -0.2) is 27.8 Å². The molecule has 0 spiro atoms. The van der Waals surface area contributed by atoms with Crippen LogP contribution in [0, 0.1) is 6.92 Å². The Morgan fingerprint density at radius 3 is 2.41 bits per heavy atom. The quantitative estimate of drug-likeness (QED) is 0.471. The number of carbonyl (C=O) groups is 1. The van der Waals surface area contributed by atoms with E-state index in [2.05, 4.69) is 9.97 Å². The van der Waals surface area contributed by atoms with Gasteiger partial charge in [-0.1, -0.05) is 11.6 Å². The number of carbonyl (C=O) groups excluding carboxylic acids is 1. The lowest BCUT2D eigenvalue weighted by atomic mass is 10.2. The molecule has 0 unspecified atom stereocenters. The van der Waals surface area contributed by atoms with E-state index in [1.165, 1.54) is 11.8 Å². The molecular weight excluding hydrogens is 260 g/mol. The van der Waals surface area contributed by atoms with E-state index in [1.807, 2.05) is 6.26 Å². The van der Waals surface area contributed by atoms with Gasteiger partial charge >= 0.3 is 5.97 Å². The van der Waals surface area contributed by atoms with Crippen LogP contribution in [0.1, 0.15) is 37.0 Å². The maximum absolute atomic E-state index is 12.0. The molecule has 1 rings (SSSR count). The average molecular weight is 275 g/mol. The summed E-state index contributed by atoms with van der Waals surface area (Å²) in [5, 5.41) is 0.674. The molecule has 0 aromatic carbocycles. The maximum atomic E-state index is 12.0. The molecule has 0 N–H and O–H groups in total. The summed E-state index contributed by atoms with van der Waals surface area (Å²) in [7, 11) is 0. The smallest absolute Gasteiger partial charge is 0.344 e. The van der Waals surface area contributed by atoms with Crippen LogP contribution in [0.4, 0.5) is 0 Å². The zero-order chi connectivity index (χ0) is 13.2. The maximum Gasteiger partial charge on any atom is 0.344 e. The molecule has 6 heteroatoms. The predicted molar refractivity (Wildman–Crippen MR) is 68.7 cm³/mol. The van der Waals surface area contributed by atoms with Crippen molar-refractivity contribution >= 4 is 29.3 Å². The molecule has 1 aromatic heterocycles. The Balaban J connectivity index is 3.17. The third-order valence-electron chi connectivity index (χ3n) is 1.74. The third kappa shape index (κ3) is 3.85. The lowest BCUT2D eigenvalue weighted by Gasteiger charge is -2.20. The SMILES string of the molecule is CSc1nc(C)nc(Cl)c1C(=O)OC(C)(C)C. The number of ether oxygens (including phenoxy) is 1. The second-order valence-corrected chi connectivity index (χ2v) is 5.60. The van der Waals surface area contributed by atoms with Gasteiger partial charge in [-0.25, -0.2) is 14.8 Å². The summed E-state index contributed by atoms with van der Waals surface area (Å²) in [6.45, 7) is 7.12. The van der Waals surface area contributed by atoms with E-state index in [1.54, 1.807) is 27.7 Å². The van der Waals surface area contributed by atoms with Crippen molar-refractivity contribution in [1.29, 1.82) is 0 Å². The minimum atomic E-state index is -0.568. The van der Waals surface area contributed by atoms with Gasteiger partial charge in [0.1, 0.15) is 27.2 Å². The Bertz CT molecular complexity index is 444. The van der Waals surface area contributed by atoms with Crippen molar-refractivity contribution in [2.75, 3.05) is 6.26 Å². The van der Waals surface area contributed by atoms with Crippen molar-refractivity contribution in [1.82, 2.24) is 9.97 Å². The van der Waals surface area contributed by atoms with E-state index in [0.29, 0.717) is 10.9 Å². The third-order valence-corrected chi connectivity index (χ3v) is 2.70. The summed E-state index contributed by atoms with van der Waals surface area (Å²) in [4.78, 5) is 20.1. The molecule has 0 aliphatic carbocycles. The number of thioether (sulfide) groups is 1. The lowest BCUT2D eigenvalue weighted by molar-refractivity contribution is 0.00644. The molecule has 0 aliphatic rings. The highest BCUT2D eigenvalue weighted by Crippen LogP contribution is 2.26. The first kappa shape index (κ1) is 14.3. The van der Waals surface area contributed by atoms with Crippen molar-refractivity contribution in [3.05, 3.63) is 16.5 Å². The van der Waals surface area contributed by atoms with Gasteiger partial charge in [0.2, 0.25) is 0 Å². The van der Waals surface area contributed by atoms with Crippen LogP contribution in [0.2, 0.25) is 5.15 Å². The fourth-order valence-corrected chi connectivity index (χ4v) is 2.11. The van der Waals surface area contributed by atoms with E-state index < -0.39 is 11.6 Å². The molecule has 0 atom stereocenters. The highest BCUT2D eigenvalue weighted by molar-refractivity contribution is 7.98. The number of halogens is 1. The zero-order valence-corrected chi connectivity index (χ0v) is 12.1. The van der Waals surface area contributed by atoms with Gasteiger partial charge in [0.25, 0.3) is 0 Å². The molecule has 0 radical (unpaired) electrons. The van der Waals surface area contributed by atoms with Crippen LogP contribution in [0.15, 0.2) is 5.03 Å². The van der Waals surface area contributed by atoms with Gasteiger partial charge in [-0.3, -0.25) is 0 Å². The summed E-state index contributed by atoms with van der Waals surface area (Å²) >= 11 is 7.31. The molecule has 4 nitrogen and oxygen atoms in total. The van der Waals surface area contributed by atoms with Crippen molar-refractivity contribution < 1.29 is 9.53 Å². The standard InChI is InChI=1S/C11H15ClN2O2S/c1-6-13-8(12)7(9(14-6)17-5)10(15)16-11(2,3)4/h1-5H3. The van der Waals surface area contributed by atoms with Crippen molar-refractivity contribution in [3.63, 3.8) is 0 Å². The summed E-state index contributed by atoms with van der Waals surface area (Å²) in [6.07, 6.45) is 1.83. The van der Waals surface area contributed by atoms with Crippen molar-refractivity contribution in [3.8, 4) is 0 Å². The summed E-state index contributed by atoms with van der Waals surface area (Å²) in [5.74, 6) is 0.0403. The highest BCUT2D eigenvalue weighted by atomic mass is 35.5. The molecule has 0 fully saturated rings. The molecule has 0 aliphatic heterocycles. The van der Waals surface area contributed by atoms with Crippen molar-refractivity contribution in [2.24, 2.45) is 0 Å². The van der Waals surface area contributed by atoms with Crippen LogP contribution >= 0.6 is 23.4 Å². The largest absolute Gasteiger partial charge is 0.456 e. The van der Waals surface area contributed by atoms with Crippen LogP contribution in [-0.2, 0) is 4.74 Å². The highest BCUT2D eigenvalue weighted by Gasteiger charge is 2.24. The second kappa shape index (κ2) is 5.23. The Kier molecular flexibility index (Phi) is 4.38. The van der Waals surface area contributed by atoms with Crippen LogP contribution in [0.25, 0.3) is 0 Å². The molecule has 0 saturated carbocycles. The fraction of sp³-hybridized carbons (Fsp3) is 0.545. The first-order chi connectivity index (χ1) is 7.74. The topological polar surface area (TPSA) is 52.1 Å². The number of hydrogen-bond acceptors (Lipinski definition) is 5. The molecule has 1 heterocycles. The van der Waals surface area contributed by atoms with Crippen LogP contribution < -0.4 is 0 Å². The Labute approximate surface area is 110 Å². The van der Waals surface area contributed by atoms with Gasteiger partial charge in [0.15, 0.2) is 0 Å². The Morgan fingerprint density at radius 2 is 1.94 bits per heavy atom. The summed E-state index contributed by atoms with van der Waals surface area (Å²) in [6, 6.07) is 0. The fourth-order valence-electron chi connectivity index (χ4n) is 1.16. The predicted octanol–water partition coefficient (Wildman–Crippen LogP) is 3.12. The van der Waals surface area contributed by atoms with Gasteiger partial charge in [-0.2, -0.15) is 0 Å². The Hall–Kier alpha value is -0.810. The number of hydrogen-bond donors (Lipinski definition) is 0. The van der Waals surface area contributed by atoms with Gasteiger partial charge in [-0.05, 0) is 34.0 Å². The van der Waals surface area contributed by atoms with Crippen LogP contribution in [0.5, 0.6) is 0 Å². The minimum absolute atomic E-state index is 0.135. The number of nitrogens with zero attached hydrogens (tertiary/aromatic N) is 2.